The quantitative estimate of drug-likeness (QED) is 0.170. The number of fused-ring (bicyclic) bond motifs is 11. The monoisotopic (exact) mass is 715 g/mol. The first-order chi connectivity index (χ1) is 27.7. The fraction of sp³-hybridized carbons (Fsp3) is 0. The van der Waals surface area contributed by atoms with Crippen molar-refractivity contribution in [1.29, 1.82) is 0 Å². The number of hydrogen-bond donors (Lipinski definition) is 0. The molecule has 0 saturated heterocycles. The van der Waals surface area contributed by atoms with E-state index in [2.05, 4.69) is 115 Å². The van der Waals surface area contributed by atoms with E-state index in [0.717, 1.165) is 71.7 Å². The summed E-state index contributed by atoms with van der Waals surface area (Å²) in [6.45, 7) is 0. The molecule has 3 aromatic heterocycles. The van der Waals surface area contributed by atoms with Crippen molar-refractivity contribution in [1.82, 2.24) is 15.0 Å². The van der Waals surface area contributed by atoms with E-state index in [9.17, 15) is 0 Å². The van der Waals surface area contributed by atoms with Gasteiger partial charge < -0.3 is 8.83 Å². The lowest BCUT2D eigenvalue weighted by Gasteiger charge is -2.15. The normalized spacial score (nSPS) is 11.9. The van der Waals surface area contributed by atoms with Crippen molar-refractivity contribution < 1.29 is 8.83 Å². The molecule has 0 radical (unpaired) electrons. The van der Waals surface area contributed by atoms with Crippen molar-refractivity contribution in [3.8, 4) is 45.3 Å². The number of hydrogen-bond acceptors (Lipinski definition) is 5. The molecule has 0 atom stereocenters. The van der Waals surface area contributed by atoms with E-state index in [1.165, 1.54) is 32.3 Å². The minimum atomic E-state index is 0.569. The van der Waals surface area contributed by atoms with Crippen LogP contribution in [-0.2, 0) is 0 Å². The smallest absolute Gasteiger partial charge is 0.164 e. The van der Waals surface area contributed by atoms with Crippen LogP contribution in [0.3, 0.4) is 0 Å². The van der Waals surface area contributed by atoms with Gasteiger partial charge in [-0.05, 0) is 79.8 Å². The summed E-state index contributed by atoms with van der Waals surface area (Å²) in [5.41, 5.74) is 8.11. The summed E-state index contributed by atoms with van der Waals surface area (Å²) in [5.74, 6) is 1.72. The summed E-state index contributed by atoms with van der Waals surface area (Å²) in [4.78, 5) is 15.8. The number of rotatable bonds is 4. The van der Waals surface area contributed by atoms with Crippen molar-refractivity contribution in [3.63, 3.8) is 0 Å². The molecule has 5 nitrogen and oxygen atoms in total. The summed E-state index contributed by atoms with van der Waals surface area (Å²) in [6, 6.07) is 61.1. The molecule has 9 aromatic carbocycles. The van der Waals surface area contributed by atoms with Gasteiger partial charge in [-0.3, -0.25) is 0 Å². The summed E-state index contributed by atoms with van der Waals surface area (Å²) < 4.78 is 12.6. The maximum Gasteiger partial charge on any atom is 0.164 e. The van der Waals surface area contributed by atoms with Crippen LogP contribution in [0.2, 0.25) is 0 Å². The summed E-state index contributed by atoms with van der Waals surface area (Å²) in [5, 5.41) is 11.3. The number of aromatic nitrogens is 3. The van der Waals surface area contributed by atoms with E-state index in [4.69, 9.17) is 23.8 Å². The zero-order valence-corrected chi connectivity index (χ0v) is 29.9. The SMILES string of the molecule is c1cc(-c2nc(-c3cccc4oc5ccccc5c34)nc(-c3cccc4oc5ccccc5c34)n2)cc(-c2cc3ccccc3c3ccc4ccccc4c23)c1. The third-order valence-electron chi connectivity index (χ3n) is 11.1. The second-order valence-electron chi connectivity index (χ2n) is 14.3. The third kappa shape index (κ3) is 4.64. The zero-order valence-electron chi connectivity index (χ0n) is 29.9. The lowest BCUT2D eigenvalue weighted by molar-refractivity contribution is 0.668. The van der Waals surface area contributed by atoms with E-state index in [-0.39, 0.29) is 0 Å². The van der Waals surface area contributed by atoms with Crippen LogP contribution in [-0.4, -0.2) is 15.0 Å². The fourth-order valence-corrected chi connectivity index (χ4v) is 8.60. The van der Waals surface area contributed by atoms with Gasteiger partial charge in [0.1, 0.15) is 22.3 Å². The van der Waals surface area contributed by atoms with Crippen molar-refractivity contribution in [2.75, 3.05) is 0 Å². The summed E-state index contributed by atoms with van der Waals surface area (Å²) >= 11 is 0. The van der Waals surface area contributed by atoms with Gasteiger partial charge in [-0.1, -0.05) is 140 Å². The molecule has 0 unspecified atom stereocenters. The Balaban J connectivity index is 1.13. The van der Waals surface area contributed by atoms with Crippen LogP contribution in [0.5, 0.6) is 0 Å². The highest BCUT2D eigenvalue weighted by Crippen LogP contribution is 2.42. The van der Waals surface area contributed by atoms with Gasteiger partial charge in [0.15, 0.2) is 17.5 Å². The second kappa shape index (κ2) is 11.9. The van der Waals surface area contributed by atoms with Gasteiger partial charge in [0.25, 0.3) is 0 Å². The minimum Gasteiger partial charge on any atom is -0.456 e. The second-order valence-corrected chi connectivity index (χ2v) is 14.3. The maximum absolute atomic E-state index is 6.32. The fourth-order valence-electron chi connectivity index (χ4n) is 8.60. The number of nitrogens with zero attached hydrogens (tertiary/aromatic N) is 3. The molecule has 56 heavy (non-hydrogen) atoms. The number of furan rings is 2. The van der Waals surface area contributed by atoms with E-state index in [1.54, 1.807) is 0 Å². The van der Waals surface area contributed by atoms with Crippen LogP contribution >= 0.6 is 0 Å². The number of para-hydroxylation sites is 2. The molecule has 12 aromatic rings. The van der Waals surface area contributed by atoms with Gasteiger partial charge >= 0.3 is 0 Å². The molecule has 0 N–H and O–H groups in total. The van der Waals surface area contributed by atoms with Crippen LogP contribution in [0.1, 0.15) is 0 Å². The van der Waals surface area contributed by atoms with E-state index < -0.39 is 0 Å². The molecule has 3 heterocycles. The Hall–Kier alpha value is -7.63. The van der Waals surface area contributed by atoms with Crippen molar-refractivity contribution >= 4 is 76.2 Å². The molecule has 0 aliphatic carbocycles. The van der Waals surface area contributed by atoms with Crippen LogP contribution < -0.4 is 0 Å². The zero-order chi connectivity index (χ0) is 36.7. The highest BCUT2D eigenvalue weighted by atomic mass is 16.3. The Morgan fingerprint density at radius 3 is 1.48 bits per heavy atom. The third-order valence-corrected chi connectivity index (χ3v) is 11.1. The van der Waals surface area contributed by atoms with Gasteiger partial charge in [0.05, 0.1) is 0 Å². The van der Waals surface area contributed by atoms with Gasteiger partial charge in [0, 0.05) is 38.2 Å². The molecule has 0 bridgehead atoms. The number of benzene rings is 9. The van der Waals surface area contributed by atoms with E-state index >= 15 is 0 Å². The van der Waals surface area contributed by atoms with Gasteiger partial charge in [-0.15, -0.1) is 0 Å². The van der Waals surface area contributed by atoms with Crippen LogP contribution in [0, 0.1) is 0 Å². The van der Waals surface area contributed by atoms with Crippen LogP contribution in [0.4, 0.5) is 0 Å². The average molecular weight is 716 g/mol. The average Bonchev–Trinajstić information content (AvgIpc) is 3.85. The Morgan fingerprint density at radius 2 is 0.804 bits per heavy atom. The molecule has 0 aliphatic rings. The molecular weight excluding hydrogens is 687 g/mol. The molecule has 0 saturated carbocycles. The first-order valence-electron chi connectivity index (χ1n) is 18.8. The Bertz CT molecular complexity index is 3430. The molecular formula is C51H29N3O2. The molecule has 0 fully saturated rings. The highest BCUT2D eigenvalue weighted by molar-refractivity contribution is 6.23. The van der Waals surface area contributed by atoms with Gasteiger partial charge in [0.2, 0.25) is 0 Å². The largest absolute Gasteiger partial charge is 0.456 e. The first-order valence-corrected chi connectivity index (χ1v) is 18.8. The van der Waals surface area contributed by atoms with Crippen molar-refractivity contribution in [2.24, 2.45) is 0 Å². The predicted molar refractivity (Wildman–Crippen MR) is 229 cm³/mol. The highest BCUT2D eigenvalue weighted by Gasteiger charge is 2.21. The molecule has 0 aliphatic heterocycles. The molecule has 0 amide bonds. The van der Waals surface area contributed by atoms with Crippen LogP contribution in [0.15, 0.2) is 185 Å². The Kier molecular flexibility index (Phi) is 6.56. The van der Waals surface area contributed by atoms with Crippen molar-refractivity contribution in [2.45, 2.75) is 0 Å². The van der Waals surface area contributed by atoms with Gasteiger partial charge in [-0.2, -0.15) is 0 Å². The van der Waals surface area contributed by atoms with E-state index in [0.29, 0.717) is 17.5 Å². The molecule has 5 heteroatoms. The molecule has 12 rings (SSSR count). The topological polar surface area (TPSA) is 65.0 Å². The molecule has 0 spiro atoms. The lowest BCUT2D eigenvalue weighted by Crippen LogP contribution is -2.01. The predicted octanol–water partition coefficient (Wildman–Crippen LogP) is 13.8. The van der Waals surface area contributed by atoms with Gasteiger partial charge in [-0.25, -0.2) is 15.0 Å². The lowest BCUT2D eigenvalue weighted by atomic mass is 9.89. The standard InChI is InChI=1S/C51H29N3O2/c1-4-17-35-30(12-1)26-27-36-34-16-3-2-13-32(34)29-41(46(35)36)31-14-9-15-33(28-31)49-52-50(39-20-10-24-44-47(39)37-18-5-7-22-42(37)55-44)54-51(53-49)40-21-11-25-45-48(40)38-19-6-8-23-43(38)56-45/h1-29H. The van der Waals surface area contributed by atoms with Crippen LogP contribution in [0.25, 0.3) is 121 Å². The Labute approximate surface area is 320 Å². The van der Waals surface area contributed by atoms with Crippen molar-refractivity contribution in [3.05, 3.63) is 176 Å². The summed E-state index contributed by atoms with van der Waals surface area (Å²) in [7, 11) is 0. The first kappa shape index (κ1) is 30.8. The maximum atomic E-state index is 6.32. The summed E-state index contributed by atoms with van der Waals surface area (Å²) in [6.07, 6.45) is 0. The van der Waals surface area contributed by atoms with E-state index in [1.807, 2.05) is 60.7 Å². The molecule has 260 valence electrons. The minimum absolute atomic E-state index is 0.569. The Morgan fingerprint density at radius 1 is 0.286 bits per heavy atom.